The fraction of sp³-hybridized carbons (Fsp3) is 0.357. The minimum Gasteiger partial charge on any atom is -0.366 e. The maximum Gasteiger partial charge on any atom is 0.245 e. The second-order valence-corrected chi connectivity index (χ2v) is 4.83. The molecule has 88 valence electrons. The first-order valence-corrected chi connectivity index (χ1v) is 5.98. The molecule has 2 N–H and O–H groups in total. The summed E-state index contributed by atoms with van der Waals surface area (Å²) in [5.74, 6) is -0.171. The Morgan fingerprint density at radius 1 is 1.29 bits per heavy atom. The minimum absolute atomic E-state index is 0.211. The summed E-state index contributed by atoms with van der Waals surface area (Å²) in [4.78, 5) is 11.5. The van der Waals surface area contributed by atoms with Gasteiger partial charge in [-0.2, -0.15) is 0 Å². The molecule has 0 unspecified atom stereocenters. The molecular formula is C14H14FNO. The number of carbonyl (C=O) groups excluding carboxylic acids is 1. The van der Waals surface area contributed by atoms with E-state index in [9.17, 15) is 9.18 Å². The molecule has 1 amide bonds. The van der Waals surface area contributed by atoms with Crippen molar-refractivity contribution in [1.82, 2.24) is 0 Å². The average molecular weight is 231 g/mol. The quantitative estimate of drug-likeness (QED) is 0.780. The van der Waals surface area contributed by atoms with Gasteiger partial charge < -0.3 is 5.73 Å². The second-order valence-electron chi connectivity index (χ2n) is 4.83. The number of allylic oxidation sites excluding steroid dienone is 1. The molecule has 3 heteroatoms. The van der Waals surface area contributed by atoms with E-state index in [2.05, 4.69) is 0 Å². The molecule has 17 heavy (non-hydrogen) atoms. The van der Waals surface area contributed by atoms with Gasteiger partial charge in [-0.1, -0.05) is 6.07 Å². The zero-order chi connectivity index (χ0) is 12.0. The lowest BCUT2D eigenvalue weighted by Gasteiger charge is -2.08. The summed E-state index contributed by atoms with van der Waals surface area (Å²) in [5.41, 5.74) is 9.33. The molecule has 0 atom stereocenters. The zero-order valence-electron chi connectivity index (χ0n) is 9.50. The molecule has 0 spiro atoms. The lowest BCUT2D eigenvalue weighted by molar-refractivity contribution is -0.114. The zero-order valence-corrected chi connectivity index (χ0v) is 9.50. The molecule has 0 heterocycles. The van der Waals surface area contributed by atoms with Crippen LogP contribution in [0.15, 0.2) is 23.8 Å². The van der Waals surface area contributed by atoms with Gasteiger partial charge in [0.25, 0.3) is 0 Å². The number of amides is 1. The molecule has 1 aromatic rings. The van der Waals surface area contributed by atoms with Gasteiger partial charge in [0.2, 0.25) is 5.91 Å². The predicted molar refractivity (Wildman–Crippen MR) is 63.6 cm³/mol. The maximum atomic E-state index is 13.1. The van der Waals surface area contributed by atoms with Crippen LogP contribution in [0.3, 0.4) is 0 Å². The highest BCUT2D eigenvalue weighted by atomic mass is 19.1. The summed E-state index contributed by atoms with van der Waals surface area (Å²) in [6.07, 6.45) is 3.73. The summed E-state index contributed by atoms with van der Waals surface area (Å²) < 4.78 is 13.1. The van der Waals surface area contributed by atoms with Crippen LogP contribution in [0.25, 0.3) is 5.57 Å². The van der Waals surface area contributed by atoms with Crippen LogP contribution >= 0.6 is 0 Å². The molecule has 2 nitrogen and oxygen atoms in total. The summed E-state index contributed by atoms with van der Waals surface area (Å²) in [7, 11) is 0. The van der Waals surface area contributed by atoms with Gasteiger partial charge in [-0.05, 0) is 60.4 Å². The summed E-state index contributed by atoms with van der Waals surface area (Å²) in [5, 5.41) is 0. The van der Waals surface area contributed by atoms with Crippen LogP contribution < -0.4 is 5.73 Å². The Morgan fingerprint density at radius 2 is 2.06 bits per heavy atom. The van der Waals surface area contributed by atoms with Crippen molar-refractivity contribution in [3.63, 3.8) is 0 Å². The summed E-state index contributed by atoms with van der Waals surface area (Å²) >= 11 is 0. The topological polar surface area (TPSA) is 43.1 Å². The van der Waals surface area contributed by atoms with E-state index >= 15 is 0 Å². The van der Waals surface area contributed by atoms with Gasteiger partial charge in [-0.15, -0.1) is 0 Å². The average Bonchev–Trinajstić information content (AvgIpc) is 3.01. The van der Waals surface area contributed by atoms with Crippen LogP contribution in [0.2, 0.25) is 0 Å². The molecule has 0 bridgehead atoms. The Kier molecular flexibility index (Phi) is 2.28. The predicted octanol–water partition coefficient (Wildman–Crippen LogP) is 2.42. The Balaban J connectivity index is 2.12. The standard InChI is InChI=1S/C14H14FNO/c15-10-4-6-11-9(7-10)3-5-12(11)13(14(16)17)8-1-2-8/h4,6-8H,1-3,5H2,(H2,16,17). The third-order valence-corrected chi connectivity index (χ3v) is 3.61. The van der Waals surface area contributed by atoms with Crippen LogP contribution in [0.4, 0.5) is 4.39 Å². The van der Waals surface area contributed by atoms with Gasteiger partial charge >= 0.3 is 0 Å². The van der Waals surface area contributed by atoms with E-state index in [0.29, 0.717) is 5.92 Å². The molecule has 2 aliphatic rings. The van der Waals surface area contributed by atoms with E-state index in [1.807, 2.05) is 0 Å². The van der Waals surface area contributed by atoms with Gasteiger partial charge in [0.15, 0.2) is 0 Å². The molecule has 1 saturated carbocycles. The number of hydrogen-bond donors (Lipinski definition) is 1. The number of halogens is 1. The third-order valence-electron chi connectivity index (χ3n) is 3.61. The molecule has 0 radical (unpaired) electrons. The normalized spacial score (nSPS) is 21.2. The SMILES string of the molecule is NC(=O)C(=C1CCc2cc(F)ccc21)C1CC1. The minimum atomic E-state index is -0.306. The third kappa shape index (κ3) is 1.75. The van der Waals surface area contributed by atoms with E-state index in [4.69, 9.17) is 5.73 Å². The largest absolute Gasteiger partial charge is 0.366 e. The van der Waals surface area contributed by atoms with E-state index in [1.165, 1.54) is 6.07 Å². The Labute approximate surface area is 99.3 Å². The van der Waals surface area contributed by atoms with Crippen molar-refractivity contribution >= 4 is 11.5 Å². The Hall–Kier alpha value is -1.64. The first kappa shape index (κ1) is 10.5. The highest BCUT2D eigenvalue weighted by Crippen LogP contribution is 2.44. The van der Waals surface area contributed by atoms with Crippen molar-refractivity contribution in [2.45, 2.75) is 25.7 Å². The number of rotatable bonds is 2. The van der Waals surface area contributed by atoms with Crippen LogP contribution in [0.1, 0.15) is 30.4 Å². The summed E-state index contributed by atoms with van der Waals surface area (Å²) in [6, 6.07) is 4.79. The molecule has 0 aromatic heterocycles. The first-order chi connectivity index (χ1) is 8.16. The van der Waals surface area contributed by atoms with Crippen LogP contribution in [0, 0.1) is 11.7 Å². The van der Waals surface area contributed by atoms with E-state index < -0.39 is 0 Å². The Morgan fingerprint density at radius 3 is 2.71 bits per heavy atom. The van der Waals surface area contributed by atoms with Crippen LogP contribution in [-0.4, -0.2) is 5.91 Å². The van der Waals surface area contributed by atoms with Crippen molar-refractivity contribution in [2.75, 3.05) is 0 Å². The van der Waals surface area contributed by atoms with Crippen molar-refractivity contribution in [3.8, 4) is 0 Å². The molecule has 3 rings (SSSR count). The summed E-state index contributed by atoms with van der Waals surface area (Å²) in [6.45, 7) is 0. The van der Waals surface area contributed by atoms with Gasteiger partial charge in [-0.25, -0.2) is 4.39 Å². The van der Waals surface area contributed by atoms with E-state index in [-0.39, 0.29) is 11.7 Å². The lowest BCUT2D eigenvalue weighted by atomic mass is 9.98. The Bertz CT molecular complexity index is 529. The number of nitrogens with two attached hydrogens (primary N) is 1. The number of benzene rings is 1. The van der Waals surface area contributed by atoms with Crippen molar-refractivity contribution in [1.29, 1.82) is 0 Å². The number of aryl methyl sites for hydroxylation is 1. The molecule has 2 aliphatic carbocycles. The fourth-order valence-electron chi connectivity index (χ4n) is 2.71. The van der Waals surface area contributed by atoms with Gasteiger partial charge in [0, 0.05) is 5.57 Å². The van der Waals surface area contributed by atoms with Crippen LogP contribution in [-0.2, 0) is 11.2 Å². The van der Waals surface area contributed by atoms with Crippen molar-refractivity contribution < 1.29 is 9.18 Å². The number of primary amides is 1. The highest BCUT2D eigenvalue weighted by Gasteiger charge is 2.34. The smallest absolute Gasteiger partial charge is 0.245 e. The lowest BCUT2D eigenvalue weighted by Crippen LogP contribution is -2.16. The molecular weight excluding hydrogens is 217 g/mol. The monoisotopic (exact) mass is 231 g/mol. The second kappa shape index (κ2) is 3.69. The maximum absolute atomic E-state index is 13.1. The number of fused-ring (bicyclic) bond motifs is 1. The fourth-order valence-corrected chi connectivity index (χ4v) is 2.71. The number of carbonyl (C=O) groups is 1. The van der Waals surface area contributed by atoms with Gasteiger partial charge in [0.05, 0.1) is 0 Å². The molecule has 0 saturated heterocycles. The van der Waals surface area contributed by atoms with Gasteiger partial charge in [-0.3, -0.25) is 4.79 Å². The molecule has 1 aromatic carbocycles. The van der Waals surface area contributed by atoms with Crippen LogP contribution in [0.5, 0.6) is 0 Å². The number of hydrogen-bond acceptors (Lipinski definition) is 1. The highest BCUT2D eigenvalue weighted by molar-refractivity contribution is 6.02. The van der Waals surface area contributed by atoms with Crippen molar-refractivity contribution in [2.24, 2.45) is 11.7 Å². The van der Waals surface area contributed by atoms with Crippen molar-refractivity contribution in [3.05, 3.63) is 40.7 Å². The molecule has 1 fully saturated rings. The van der Waals surface area contributed by atoms with Gasteiger partial charge in [0.1, 0.15) is 5.82 Å². The van der Waals surface area contributed by atoms with E-state index in [0.717, 1.165) is 48.0 Å². The molecule has 0 aliphatic heterocycles. The van der Waals surface area contributed by atoms with E-state index in [1.54, 1.807) is 12.1 Å². The first-order valence-electron chi connectivity index (χ1n) is 5.98.